The van der Waals surface area contributed by atoms with Crippen LogP contribution in [0.3, 0.4) is 0 Å². The van der Waals surface area contributed by atoms with Gasteiger partial charge in [0.1, 0.15) is 0 Å². The van der Waals surface area contributed by atoms with Gasteiger partial charge in [-0.2, -0.15) is 0 Å². The zero-order valence-electron chi connectivity index (χ0n) is 16.3. The molecule has 0 atom stereocenters. The van der Waals surface area contributed by atoms with Crippen LogP contribution in [-0.2, 0) is 10.0 Å². The maximum absolute atomic E-state index is 13.0. The van der Waals surface area contributed by atoms with Crippen LogP contribution in [0.4, 0.5) is 5.69 Å². The number of carbonyl (C=O) groups is 1. The molecule has 7 heteroatoms. The van der Waals surface area contributed by atoms with Crippen molar-refractivity contribution in [1.82, 2.24) is 9.71 Å². The van der Waals surface area contributed by atoms with Gasteiger partial charge in [-0.3, -0.25) is 9.78 Å². The van der Waals surface area contributed by atoms with Crippen molar-refractivity contribution in [2.45, 2.75) is 31.6 Å². The average molecular weight is 398 g/mol. The number of amides is 1. The number of carbonyl (C=O) groups excluding carboxylic acids is 1. The maximum atomic E-state index is 13.0. The fraction of sp³-hybridized carbons (Fsp3) is 0.238. The second-order valence-corrected chi connectivity index (χ2v) is 8.76. The predicted octanol–water partition coefficient (Wildman–Crippen LogP) is 3.83. The molecule has 0 unspecified atom stereocenters. The van der Waals surface area contributed by atoms with Gasteiger partial charge in [-0.1, -0.05) is 38.1 Å². The van der Waals surface area contributed by atoms with Gasteiger partial charge in [-0.15, -0.1) is 0 Å². The van der Waals surface area contributed by atoms with Gasteiger partial charge in [0.05, 0.1) is 16.0 Å². The zero-order valence-corrected chi connectivity index (χ0v) is 17.1. The first-order chi connectivity index (χ1) is 13.2. The highest BCUT2D eigenvalue weighted by Gasteiger charge is 2.18. The second-order valence-electron chi connectivity index (χ2n) is 6.91. The Morgan fingerprint density at radius 2 is 1.79 bits per heavy atom. The number of aromatic nitrogens is 1. The van der Waals surface area contributed by atoms with Crippen molar-refractivity contribution in [3.8, 4) is 0 Å². The van der Waals surface area contributed by atoms with Gasteiger partial charge in [0.25, 0.3) is 5.91 Å². The number of hydrogen-bond donors (Lipinski definition) is 2. The van der Waals surface area contributed by atoms with E-state index in [1.54, 1.807) is 25.1 Å². The number of hydrogen-bond acceptors (Lipinski definition) is 4. The van der Waals surface area contributed by atoms with E-state index in [0.717, 1.165) is 16.6 Å². The molecule has 0 saturated heterocycles. The number of pyridine rings is 1. The molecule has 146 valence electrons. The molecule has 3 aromatic rings. The Bertz CT molecular complexity index is 1150. The molecular formula is C21H23N3O3S. The number of sulfonamides is 1. The maximum Gasteiger partial charge on any atom is 0.256 e. The van der Waals surface area contributed by atoms with Crippen LogP contribution >= 0.6 is 0 Å². The lowest BCUT2D eigenvalue weighted by Gasteiger charge is -2.13. The van der Waals surface area contributed by atoms with E-state index in [-0.39, 0.29) is 16.7 Å². The predicted molar refractivity (Wildman–Crippen MR) is 111 cm³/mol. The molecule has 1 heterocycles. The molecular weight excluding hydrogens is 374 g/mol. The lowest BCUT2D eigenvalue weighted by Crippen LogP contribution is -2.20. The van der Waals surface area contributed by atoms with E-state index < -0.39 is 10.0 Å². The van der Waals surface area contributed by atoms with E-state index in [0.29, 0.717) is 16.8 Å². The number of fused-ring (bicyclic) bond motifs is 1. The fourth-order valence-electron chi connectivity index (χ4n) is 2.96. The van der Waals surface area contributed by atoms with Gasteiger partial charge < -0.3 is 5.32 Å². The van der Waals surface area contributed by atoms with E-state index in [1.807, 2.05) is 38.1 Å². The molecule has 0 fully saturated rings. The smallest absolute Gasteiger partial charge is 0.256 e. The van der Waals surface area contributed by atoms with Crippen molar-refractivity contribution in [3.63, 3.8) is 0 Å². The topological polar surface area (TPSA) is 88.2 Å². The molecule has 28 heavy (non-hydrogen) atoms. The Labute approximate surface area is 165 Å². The quantitative estimate of drug-likeness (QED) is 0.685. The standard InChI is InChI=1S/C21H23N3O3S/c1-13(2)19-12-17(16-7-5-6-8-18(16)24-19)21(25)23-15-10-9-14(3)20(11-15)28(26,27)22-4/h5-13,22H,1-4H3,(H,23,25). The minimum Gasteiger partial charge on any atom is -0.322 e. The fourth-order valence-corrected chi connectivity index (χ4v) is 3.95. The van der Waals surface area contributed by atoms with Gasteiger partial charge in [0, 0.05) is 16.8 Å². The van der Waals surface area contributed by atoms with Crippen LogP contribution in [0.15, 0.2) is 53.4 Å². The lowest BCUT2D eigenvalue weighted by atomic mass is 10.0. The zero-order chi connectivity index (χ0) is 20.5. The molecule has 0 aliphatic rings. The summed E-state index contributed by atoms with van der Waals surface area (Å²) in [5.74, 6) is -0.139. The van der Waals surface area contributed by atoms with Crippen molar-refractivity contribution in [2.75, 3.05) is 12.4 Å². The number of para-hydroxylation sites is 1. The normalized spacial score (nSPS) is 11.8. The van der Waals surface area contributed by atoms with Crippen LogP contribution in [0, 0.1) is 6.92 Å². The first-order valence-electron chi connectivity index (χ1n) is 8.98. The second kappa shape index (κ2) is 7.69. The summed E-state index contributed by atoms with van der Waals surface area (Å²) in [5, 5.41) is 3.57. The minimum atomic E-state index is -3.62. The summed E-state index contributed by atoms with van der Waals surface area (Å²) in [6.07, 6.45) is 0. The molecule has 0 bridgehead atoms. The lowest BCUT2D eigenvalue weighted by molar-refractivity contribution is 0.102. The molecule has 0 aliphatic carbocycles. The molecule has 1 aromatic heterocycles. The van der Waals surface area contributed by atoms with Gasteiger partial charge in [0.15, 0.2) is 0 Å². The van der Waals surface area contributed by atoms with Gasteiger partial charge in [-0.25, -0.2) is 13.1 Å². The molecule has 6 nitrogen and oxygen atoms in total. The van der Waals surface area contributed by atoms with Crippen LogP contribution in [0.2, 0.25) is 0 Å². The molecule has 0 aliphatic heterocycles. The molecule has 0 radical (unpaired) electrons. The van der Waals surface area contributed by atoms with E-state index in [1.165, 1.54) is 13.1 Å². The molecule has 2 N–H and O–H groups in total. The highest BCUT2D eigenvalue weighted by atomic mass is 32.2. The minimum absolute atomic E-state index is 0.134. The Morgan fingerprint density at radius 1 is 1.07 bits per heavy atom. The highest BCUT2D eigenvalue weighted by molar-refractivity contribution is 7.89. The summed E-state index contributed by atoms with van der Waals surface area (Å²) in [4.78, 5) is 17.8. The summed E-state index contributed by atoms with van der Waals surface area (Å²) in [6.45, 7) is 5.75. The number of nitrogens with one attached hydrogen (secondary N) is 2. The Hall–Kier alpha value is -2.77. The first-order valence-corrected chi connectivity index (χ1v) is 10.5. The third-order valence-electron chi connectivity index (χ3n) is 4.58. The van der Waals surface area contributed by atoms with Crippen LogP contribution < -0.4 is 10.0 Å². The van der Waals surface area contributed by atoms with E-state index in [9.17, 15) is 13.2 Å². The summed E-state index contributed by atoms with van der Waals surface area (Å²) < 4.78 is 26.7. The highest BCUT2D eigenvalue weighted by Crippen LogP contribution is 2.25. The van der Waals surface area contributed by atoms with Gasteiger partial charge >= 0.3 is 0 Å². The molecule has 0 saturated carbocycles. The average Bonchev–Trinajstić information content (AvgIpc) is 2.68. The molecule has 2 aromatic carbocycles. The van der Waals surface area contributed by atoms with E-state index in [4.69, 9.17) is 0 Å². The SMILES string of the molecule is CNS(=O)(=O)c1cc(NC(=O)c2cc(C(C)C)nc3ccccc23)ccc1C. The Balaban J connectivity index is 2.04. The first kappa shape index (κ1) is 20.0. The Kier molecular flexibility index (Phi) is 5.49. The van der Waals surface area contributed by atoms with E-state index >= 15 is 0 Å². The summed E-state index contributed by atoms with van der Waals surface area (Å²) in [7, 11) is -2.26. The number of benzene rings is 2. The number of anilines is 1. The summed E-state index contributed by atoms with van der Waals surface area (Å²) >= 11 is 0. The third-order valence-corrected chi connectivity index (χ3v) is 6.13. The van der Waals surface area contributed by atoms with Gasteiger partial charge in [0.2, 0.25) is 10.0 Å². The molecule has 0 spiro atoms. The van der Waals surface area contributed by atoms with Crippen molar-refractivity contribution in [3.05, 3.63) is 65.4 Å². The van der Waals surface area contributed by atoms with Crippen LogP contribution in [0.5, 0.6) is 0 Å². The largest absolute Gasteiger partial charge is 0.322 e. The van der Waals surface area contributed by atoms with Crippen LogP contribution in [-0.4, -0.2) is 26.4 Å². The van der Waals surface area contributed by atoms with Crippen molar-refractivity contribution >= 4 is 32.5 Å². The monoisotopic (exact) mass is 397 g/mol. The Morgan fingerprint density at radius 3 is 2.46 bits per heavy atom. The number of aryl methyl sites for hydroxylation is 1. The van der Waals surface area contributed by atoms with Gasteiger partial charge in [-0.05, 0) is 49.7 Å². The number of nitrogens with zero attached hydrogens (tertiary/aromatic N) is 1. The van der Waals surface area contributed by atoms with E-state index in [2.05, 4.69) is 15.0 Å². The van der Waals surface area contributed by atoms with Crippen molar-refractivity contribution in [2.24, 2.45) is 0 Å². The van der Waals surface area contributed by atoms with Crippen molar-refractivity contribution in [1.29, 1.82) is 0 Å². The third kappa shape index (κ3) is 3.90. The van der Waals surface area contributed by atoms with Crippen molar-refractivity contribution < 1.29 is 13.2 Å². The number of rotatable bonds is 5. The molecule has 3 rings (SSSR count). The summed E-state index contributed by atoms with van der Waals surface area (Å²) in [6, 6.07) is 14.1. The molecule has 1 amide bonds. The summed E-state index contributed by atoms with van der Waals surface area (Å²) in [5.41, 5.74) is 3.10. The van der Waals surface area contributed by atoms with Crippen LogP contribution in [0.1, 0.15) is 41.4 Å². The van der Waals surface area contributed by atoms with Crippen LogP contribution in [0.25, 0.3) is 10.9 Å².